The molecule has 3 N–H and O–H groups in total. The van der Waals surface area contributed by atoms with Crippen LogP contribution in [0.2, 0.25) is 0 Å². The summed E-state index contributed by atoms with van der Waals surface area (Å²) in [6.07, 6.45) is 7.43. The van der Waals surface area contributed by atoms with E-state index in [-0.39, 0.29) is 5.82 Å². The summed E-state index contributed by atoms with van der Waals surface area (Å²) >= 11 is 0. The van der Waals surface area contributed by atoms with Gasteiger partial charge in [-0.05, 0) is 31.2 Å². The highest BCUT2D eigenvalue weighted by atomic mass is 19.1. The number of nitrogens with two attached hydrogens (primary N) is 1. The maximum Gasteiger partial charge on any atom is 0.248 e. The van der Waals surface area contributed by atoms with Crippen LogP contribution < -0.4 is 11.1 Å². The number of unbranched alkanes of at least 4 members (excludes halogenated alkanes) is 5. The summed E-state index contributed by atoms with van der Waals surface area (Å²) in [6, 6.07) is 4.22. The van der Waals surface area contributed by atoms with Crippen LogP contribution in [0.1, 0.15) is 61.4 Å². The third-order valence-electron chi connectivity index (χ3n) is 3.35. The lowest BCUT2D eigenvalue weighted by molar-refractivity contribution is 0.1000. The Bertz CT molecular complexity index is 421. The Morgan fingerprint density at radius 3 is 2.60 bits per heavy atom. The molecule has 0 aliphatic carbocycles. The van der Waals surface area contributed by atoms with E-state index in [1.807, 2.05) is 0 Å². The van der Waals surface area contributed by atoms with Gasteiger partial charge in [-0.15, -0.1) is 0 Å². The van der Waals surface area contributed by atoms with Crippen molar-refractivity contribution in [1.82, 2.24) is 5.32 Å². The molecular formula is C16H25FN2O. The topological polar surface area (TPSA) is 55.1 Å². The van der Waals surface area contributed by atoms with Crippen LogP contribution in [-0.4, -0.2) is 12.5 Å². The fourth-order valence-electron chi connectivity index (χ4n) is 2.12. The third-order valence-corrected chi connectivity index (χ3v) is 3.35. The summed E-state index contributed by atoms with van der Waals surface area (Å²) in [5.41, 5.74) is 6.03. The first-order valence-corrected chi connectivity index (χ1v) is 7.44. The van der Waals surface area contributed by atoms with Gasteiger partial charge in [0.05, 0.1) is 0 Å². The van der Waals surface area contributed by atoms with E-state index in [1.165, 1.54) is 50.3 Å². The molecule has 0 saturated carbocycles. The normalized spacial score (nSPS) is 10.7. The summed E-state index contributed by atoms with van der Waals surface area (Å²) in [6.45, 7) is 3.50. The van der Waals surface area contributed by atoms with Crippen LogP contribution >= 0.6 is 0 Å². The Hall–Kier alpha value is -1.42. The van der Waals surface area contributed by atoms with Gasteiger partial charge < -0.3 is 11.1 Å². The summed E-state index contributed by atoms with van der Waals surface area (Å²) in [7, 11) is 0. The van der Waals surface area contributed by atoms with Crippen molar-refractivity contribution >= 4 is 5.91 Å². The Kier molecular flexibility index (Phi) is 7.88. The second-order valence-electron chi connectivity index (χ2n) is 5.11. The molecule has 4 heteroatoms. The Morgan fingerprint density at radius 2 is 1.90 bits per heavy atom. The van der Waals surface area contributed by atoms with Crippen molar-refractivity contribution in [3.8, 4) is 0 Å². The van der Waals surface area contributed by atoms with Gasteiger partial charge in [-0.3, -0.25) is 4.79 Å². The zero-order valence-corrected chi connectivity index (χ0v) is 12.3. The lowest BCUT2D eigenvalue weighted by Crippen LogP contribution is -2.17. The molecule has 1 aromatic rings. The highest BCUT2D eigenvalue weighted by Crippen LogP contribution is 2.10. The van der Waals surface area contributed by atoms with Crippen LogP contribution in [0.3, 0.4) is 0 Å². The van der Waals surface area contributed by atoms with Gasteiger partial charge in [-0.1, -0.05) is 39.0 Å². The van der Waals surface area contributed by atoms with E-state index in [2.05, 4.69) is 12.2 Å². The van der Waals surface area contributed by atoms with Crippen molar-refractivity contribution in [2.45, 2.75) is 52.0 Å². The van der Waals surface area contributed by atoms with E-state index in [0.29, 0.717) is 17.7 Å². The molecule has 0 spiro atoms. The summed E-state index contributed by atoms with van der Waals surface area (Å²) in [5, 5.41) is 3.21. The zero-order chi connectivity index (χ0) is 14.8. The predicted molar refractivity (Wildman–Crippen MR) is 80.0 cm³/mol. The molecular weight excluding hydrogens is 255 g/mol. The van der Waals surface area contributed by atoms with Gasteiger partial charge in [0.1, 0.15) is 5.82 Å². The number of carbonyl (C=O) groups excluding carboxylic acids is 1. The molecule has 0 radical (unpaired) electrons. The van der Waals surface area contributed by atoms with E-state index in [0.717, 1.165) is 13.0 Å². The number of amides is 1. The van der Waals surface area contributed by atoms with Crippen LogP contribution in [0.25, 0.3) is 0 Å². The molecule has 0 bridgehead atoms. The van der Waals surface area contributed by atoms with Gasteiger partial charge in [0.25, 0.3) is 0 Å². The summed E-state index contributed by atoms with van der Waals surface area (Å²) in [4.78, 5) is 11.0. The first kappa shape index (κ1) is 16.6. The van der Waals surface area contributed by atoms with Crippen molar-refractivity contribution in [1.29, 1.82) is 0 Å². The zero-order valence-electron chi connectivity index (χ0n) is 12.3. The minimum absolute atomic E-state index is 0.301. The number of halogens is 1. The monoisotopic (exact) mass is 280 g/mol. The first-order valence-electron chi connectivity index (χ1n) is 7.44. The Labute approximate surface area is 120 Å². The minimum Gasteiger partial charge on any atom is -0.366 e. The summed E-state index contributed by atoms with van der Waals surface area (Å²) < 4.78 is 13.6. The molecule has 1 amide bonds. The molecule has 0 unspecified atom stereocenters. The molecule has 0 aromatic heterocycles. The molecule has 1 aromatic carbocycles. The van der Waals surface area contributed by atoms with Gasteiger partial charge in [0.15, 0.2) is 0 Å². The lowest BCUT2D eigenvalue weighted by atomic mass is 10.1. The van der Waals surface area contributed by atoms with Crippen LogP contribution in [0.5, 0.6) is 0 Å². The Balaban J connectivity index is 2.24. The number of hydrogen-bond donors (Lipinski definition) is 2. The lowest BCUT2D eigenvalue weighted by Gasteiger charge is -2.07. The number of hydrogen-bond acceptors (Lipinski definition) is 2. The molecule has 1 rings (SSSR count). The Morgan fingerprint density at radius 1 is 1.20 bits per heavy atom. The van der Waals surface area contributed by atoms with Crippen LogP contribution in [0, 0.1) is 5.82 Å². The van der Waals surface area contributed by atoms with Crippen molar-refractivity contribution < 1.29 is 9.18 Å². The molecule has 0 heterocycles. The van der Waals surface area contributed by atoms with Crippen LogP contribution in [-0.2, 0) is 6.54 Å². The van der Waals surface area contributed by atoms with Crippen molar-refractivity contribution in [2.75, 3.05) is 6.54 Å². The fourth-order valence-corrected chi connectivity index (χ4v) is 2.12. The maximum atomic E-state index is 13.6. The molecule has 0 aliphatic rings. The number of nitrogens with one attached hydrogen (secondary N) is 1. The first-order chi connectivity index (χ1) is 9.65. The van der Waals surface area contributed by atoms with Gasteiger partial charge in [0.2, 0.25) is 5.91 Å². The second kappa shape index (κ2) is 9.48. The van der Waals surface area contributed by atoms with Crippen LogP contribution in [0.4, 0.5) is 4.39 Å². The standard InChI is InChI=1S/C16H25FN2O/c1-2-3-4-5-6-7-10-19-12-14-11-13(16(18)20)8-9-15(14)17/h8-9,11,19H,2-7,10,12H2,1H3,(H2,18,20). The van der Waals surface area contributed by atoms with E-state index >= 15 is 0 Å². The van der Waals surface area contributed by atoms with Crippen molar-refractivity contribution in [3.63, 3.8) is 0 Å². The maximum absolute atomic E-state index is 13.6. The molecule has 0 saturated heterocycles. The third kappa shape index (κ3) is 6.15. The molecule has 0 fully saturated rings. The smallest absolute Gasteiger partial charge is 0.248 e. The summed E-state index contributed by atoms with van der Waals surface area (Å²) in [5.74, 6) is -0.826. The van der Waals surface area contributed by atoms with Crippen molar-refractivity contribution in [3.05, 3.63) is 35.1 Å². The van der Waals surface area contributed by atoms with Crippen molar-refractivity contribution in [2.24, 2.45) is 5.73 Å². The average molecular weight is 280 g/mol. The molecule has 3 nitrogen and oxygen atoms in total. The highest BCUT2D eigenvalue weighted by molar-refractivity contribution is 5.92. The predicted octanol–water partition coefficient (Wildman–Crippen LogP) is 3.37. The molecule has 112 valence electrons. The highest BCUT2D eigenvalue weighted by Gasteiger charge is 2.06. The number of rotatable bonds is 10. The minimum atomic E-state index is -0.526. The number of benzene rings is 1. The van der Waals surface area contributed by atoms with E-state index in [9.17, 15) is 9.18 Å². The molecule has 20 heavy (non-hydrogen) atoms. The number of carbonyl (C=O) groups is 1. The second-order valence-corrected chi connectivity index (χ2v) is 5.11. The van der Waals surface area contributed by atoms with E-state index in [4.69, 9.17) is 5.73 Å². The van der Waals surface area contributed by atoms with Gasteiger partial charge in [0, 0.05) is 17.7 Å². The molecule has 0 aliphatic heterocycles. The van der Waals surface area contributed by atoms with Gasteiger partial charge in [-0.2, -0.15) is 0 Å². The average Bonchev–Trinajstić information content (AvgIpc) is 2.43. The fraction of sp³-hybridized carbons (Fsp3) is 0.562. The number of primary amides is 1. The largest absolute Gasteiger partial charge is 0.366 e. The van der Waals surface area contributed by atoms with E-state index in [1.54, 1.807) is 0 Å². The van der Waals surface area contributed by atoms with Gasteiger partial charge >= 0.3 is 0 Å². The quantitative estimate of drug-likeness (QED) is 0.646. The van der Waals surface area contributed by atoms with Crippen LogP contribution in [0.15, 0.2) is 18.2 Å². The van der Waals surface area contributed by atoms with E-state index < -0.39 is 5.91 Å². The van der Waals surface area contributed by atoms with Gasteiger partial charge in [-0.25, -0.2) is 4.39 Å². The molecule has 0 atom stereocenters. The SMILES string of the molecule is CCCCCCCCNCc1cc(C(N)=O)ccc1F.